The highest BCUT2D eigenvalue weighted by Gasteiger charge is 2.46. The van der Waals surface area contributed by atoms with E-state index in [0.29, 0.717) is 28.7 Å². The summed E-state index contributed by atoms with van der Waals surface area (Å²) in [6.07, 6.45) is -2.57. The van der Waals surface area contributed by atoms with Crippen LogP contribution in [-0.4, -0.2) is 56.9 Å². The third kappa shape index (κ3) is 4.26. The Bertz CT molecular complexity index is 1340. The fourth-order valence-corrected chi connectivity index (χ4v) is 4.31. The van der Waals surface area contributed by atoms with Gasteiger partial charge in [-0.2, -0.15) is 13.2 Å². The van der Waals surface area contributed by atoms with Gasteiger partial charge in [0.15, 0.2) is 23.0 Å². The Hall–Kier alpha value is -3.02. The molecule has 34 heavy (non-hydrogen) atoms. The van der Waals surface area contributed by atoms with Crippen LogP contribution in [0.3, 0.4) is 0 Å². The summed E-state index contributed by atoms with van der Waals surface area (Å²) in [6, 6.07) is 6.89. The lowest BCUT2D eigenvalue weighted by Crippen LogP contribution is -2.38. The molecule has 12 heteroatoms. The molecule has 0 saturated carbocycles. The molecule has 3 aromatic heterocycles. The Morgan fingerprint density at radius 2 is 1.94 bits per heavy atom. The van der Waals surface area contributed by atoms with E-state index < -0.39 is 18.0 Å². The summed E-state index contributed by atoms with van der Waals surface area (Å²) in [7, 11) is 1.35. The smallest absolute Gasteiger partial charge is 0.408 e. The van der Waals surface area contributed by atoms with Crippen molar-refractivity contribution in [3.63, 3.8) is 0 Å². The third-order valence-corrected chi connectivity index (χ3v) is 5.86. The number of pyridine rings is 2. The third-order valence-electron chi connectivity index (χ3n) is 5.86. The second kappa shape index (κ2) is 8.97. The number of rotatable bonds is 4. The number of alkyl halides is 3. The standard InChI is InChI=1S/C22H20F4N6O.ClH/c1-33-18-9-17-12(8-15(18)23)2-4-16(28-17)21-30-29-19-5-3-13(10-32(19)21)20(22(24,25)26)31-7-6-14(27)11-31;/h2-5,8-10,14,20H,6-7,11,27H2,1H3;1H/t14-,20-;/m0./s1. The van der Waals surface area contributed by atoms with Crippen molar-refractivity contribution in [3.05, 3.63) is 54.0 Å². The lowest BCUT2D eigenvalue weighted by molar-refractivity contribution is -0.183. The molecular weight excluding hydrogens is 476 g/mol. The van der Waals surface area contributed by atoms with Gasteiger partial charge in [0.2, 0.25) is 0 Å². The lowest BCUT2D eigenvalue weighted by atomic mass is 10.1. The van der Waals surface area contributed by atoms with Gasteiger partial charge in [0.05, 0.1) is 12.6 Å². The molecule has 180 valence electrons. The number of nitrogens with zero attached hydrogens (tertiary/aromatic N) is 5. The van der Waals surface area contributed by atoms with Gasteiger partial charge in [0, 0.05) is 36.8 Å². The Morgan fingerprint density at radius 3 is 2.62 bits per heavy atom. The van der Waals surface area contributed by atoms with E-state index in [2.05, 4.69) is 15.2 Å². The van der Waals surface area contributed by atoms with Crippen LogP contribution < -0.4 is 10.5 Å². The maximum Gasteiger partial charge on any atom is 0.408 e. The van der Waals surface area contributed by atoms with Crippen LogP contribution in [0.4, 0.5) is 17.6 Å². The number of nitrogens with two attached hydrogens (primary N) is 1. The molecule has 4 aromatic rings. The van der Waals surface area contributed by atoms with Crippen LogP contribution >= 0.6 is 12.4 Å². The molecule has 1 aliphatic rings. The highest BCUT2D eigenvalue weighted by atomic mass is 35.5. The SMILES string of the molecule is COc1cc2nc(-c3nnc4ccc([C@H](N5CC[C@H](N)C5)C(F)(F)F)cn34)ccc2cc1F.Cl. The van der Waals surface area contributed by atoms with E-state index in [1.807, 2.05) is 0 Å². The van der Waals surface area contributed by atoms with Gasteiger partial charge in [-0.3, -0.25) is 9.30 Å². The molecule has 1 fully saturated rings. The number of benzene rings is 1. The molecule has 0 amide bonds. The van der Waals surface area contributed by atoms with E-state index in [1.54, 1.807) is 12.1 Å². The van der Waals surface area contributed by atoms with Crippen molar-refractivity contribution in [1.29, 1.82) is 0 Å². The number of halogens is 5. The first-order valence-corrected chi connectivity index (χ1v) is 10.3. The molecule has 1 saturated heterocycles. The number of fused-ring (bicyclic) bond motifs is 2. The summed E-state index contributed by atoms with van der Waals surface area (Å²) >= 11 is 0. The van der Waals surface area contributed by atoms with Crippen LogP contribution in [0, 0.1) is 5.82 Å². The summed E-state index contributed by atoms with van der Waals surface area (Å²) in [6.45, 7) is 0.435. The van der Waals surface area contributed by atoms with Gasteiger partial charge in [-0.15, -0.1) is 22.6 Å². The second-order valence-corrected chi connectivity index (χ2v) is 8.08. The lowest BCUT2D eigenvalue weighted by Gasteiger charge is -2.30. The topological polar surface area (TPSA) is 81.6 Å². The van der Waals surface area contributed by atoms with Crippen molar-refractivity contribution in [3.8, 4) is 17.3 Å². The monoisotopic (exact) mass is 496 g/mol. The quantitative estimate of drug-likeness (QED) is 0.427. The Kier molecular flexibility index (Phi) is 6.36. The van der Waals surface area contributed by atoms with Crippen LogP contribution in [0.15, 0.2) is 42.6 Å². The predicted molar refractivity (Wildman–Crippen MR) is 120 cm³/mol. The van der Waals surface area contributed by atoms with E-state index in [9.17, 15) is 17.6 Å². The number of ether oxygens (including phenoxy) is 1. The predicted octanol–water partition coefficient (Wildman–Crippen LogP) is 4.15. The van der Waals surface area contributed by atoms with E-state index >= 15 is 0 Å². The summed E-state index contributed by atoms with van der Waals surface area (Å²) < 4.78 is 62.6. The Morgan fingerprint density at radius 1 is 1.15 bits per heavy atom. The van der Waals surface area contributed by atoms with Crippen molar-refractivity contribution in [2.45, 2.75) is 24.7 Å². The normalized spacial score (nSPS) is 17.8. The minimum atomic E-state index is -4.48. The highest BCUT2D eigenvalue weighted by Crippen LogP contribution is 2.39. The average Bonchev–Trinajstić information content (AvgIpc) is 3.38. The van der Waals surface area contributed by atoms with Crippen molar-refractivity contribution >= 4 is 29.0 Å². The summed E-state index contributed by atoms with van der Waals surface area (Å²) in [5.41, 5.74) is 7.14. The molecule has 0 radical (unpaired) electrons. The van der Waals surface area contributed by atoms with Crippen molar-refractivity contribution in [2.24, 2.45) is 5.73 Å². The molecule has 4 heterocycles. The zero-order valence-electron chi connectivity index (χ0n) is 18.0. The largest absolute Gasteiger partial charge is 0.494 e. The summed E-state index contributed by atoms with van der Waals surface area (Å²) in [5, 5.41) is 8.75. The van der Waals surface area contributed by atoms with Crippen molar-refractivity contribution < 1.29 is 22.3 Å². The number of likely N-dealkylation sites (tertiary alicyclic amines) is 1. The molecule has 0 spiro atoms. The Balaban J connectivity index is 0.00000274. The first-order valence-electron chi connectivity index (χ1n) is 10.3. The number of aromatic nitrogens is 4. The van der Waals surface area contributed by atoms with Crippen LogP contribution in [0.25, 0.3) is 28.1 Å². The van der Waals surface area contributed by atoms with Gasteiger partial charge in [-0.05, 0) is 30.2 Å². The van der Waals surface area contributed by atoms with Gasteiger partial charge in [-0.25, -0.2) is 9.37 Å². The first-order chi connectivity index (χ1) is 15.7. The molecule has 0 aliphatic carbocycles. The minimum absolute atomic E-state index is 0. The molecule has 2 atom stereocenters. The average molecular weight is 497 g/mol. The minimum Gasteiger partial charge on any atom is -0.494 e. The summed E-state index contributed by atoms with van der Waals surface area (Å²) in [5.74, 6) is -0.203. The van der Waals surface area contributed by atoms with Gasteiger partial charge < -0.3 is 10.5 Å². The fraction of sp³-hybridized carbons (Fsp3) is 0.318. The number of hydrogen-bond donors (Lipinski definition) is 1. The Labute approximate surface area is 197 Å². The second-order valence-electron chi connectivity index (χ2n) is 8.08. The molecule has 0 bridgehead atoms. The van der Waals surface area contributed by atoms with Crippen molar-refractivity contribution in [1.82, 2.24) is 24.5 Å². The van der Waals surface area contributed by atoms with Crippen LogP contribution in [0.2, 0.25) is 0 Å². The molecule has 2 N–H and O–H groups in total. The van der Waals surface area contributed by atoms with Gasteiger partial charge in [0.1, 0.15) is 11.7 Å². The maximum absolute atomic E-state index is 14.0. The van der Waals surface area contributed by atoms with Crippen LogP contribution in [0.1, 0.15) is 18.0 Å². The van der Waals surface area contributed by atoms with Gasteiger partial charge in [0.25, 0.3) is 0 Å². The van der Waals surface area contributed by atoms with Gasteiger partial charge in [-0.1, -0.05) is 12.1 Å². The number of hydrogen-bond acceptors (Lipinski definition) is 6. The van der Waals surface area contributed by atoms with Crippen molar-refractivity contribution in [2.75, 3.05) is 20.2 Å². The first kappa shape index (κ1) is 24.1. The molecule has 1 aliphatic heterocycles. The van der Waals surface area contributed by atoms with E-state index in [0.717, 1.165) is 0 Å². The fourth-order valence-electron chi connectivity index (χ4n) is 4.31. The van der Waals surface area contributed by atoms with E-state index in [1.165, 1.54) is 46.9 Å². The molecule has 5 rings (SSSR count). The zero-order chi connectivity index (χ0) is 23.3. The van der Waals surface area contributed by atoms with E-state index in [-0.39, 0.29) is 48.7 Å². The van der Waals surface area contributed by atoms with E-state index in [4.69, 9.17) is 10.5 Å². The van der Waals surface area contributed by atoms with Crippen LogP contribution in [-0.2, 0) is 0 Å². The molecule has 0 unspecified atom stereocenters. The van der Waals surface area contributed by atoms with Gasteiger partial charge >= 0.3 is 6.18 Å². The zero-order valence-corrected chi connectivity index (χ0v) is 18.8. The highest BCUT2D eigenvalue weighted by molar-refractivity contribution is 5.85. The maximum atomic E-state index is 14.0. The summed E-state index contributed by atoms with van der Waals surface area (Å²) in [4.78, 5) is 5.86. The number of methoxy groups -OCH3 is 1. The van der Waals surface area contributed by atoms with Crippen LogP contribution in [0.5, 0.6) is 5.75 Å². The molecular formula is C22H21ClF4N6O. The molecule has 7 nitrogen and oxygen atoms in total. The molecule has 1 aromatic carbocycles.